The van der Waals surface area contributed by atoms with Crippen molar-refractivity contribution in [3.05, 3.63) is 24.3 Å². The summed E-state index contributed by atoms with van der Waals surface area (Å²) in [5.74, 6) is 0.380. The average molecular weight is 308 g/mol. The van der Waals surface area contributed by atoms with Gasteiger partial charge in [0, 0.05) is 6.42 Å². The summed E-state index contributed by atoms with van der Waals surface area (Å²) in [4.78, 5) is 11.1. The van der Waals surface area contributed by atoms with E-state index in [1.807, 2.05) is 0 Å². The molecule has 106 valence electrons. The summed E-state index contributed by atoms with van der Waals surface area (Å²) < 4.78 is 37.3. The van der Waals surface area contributed by atoms with Crippen LogP contribution in [0.1, 0.15) is 32.6 Å². The van der Waals surface area contributed by atoms with E-state index in [1.165, 1.54) is 24.3 Å². The van der Waals surface area contributed by atoms with Gasteiger partial charge in [-0.25, -0.2) is 8.42 Å². The molecule has 5 nitrogen and oxygen atoms in total. The van der Waals surface area contributed by atoms with Crippen LogP contribution in [-0.2, 0) is 14.9 Å². The topological polar surface area (TPSA) is 83.5 Å². The second kappa shape index (κ2) is 9.52. The molecule has 0 amide bonds. The van der Waals surface area contributed by atoms with E-state index in [9.17, 15) is 17.8 Å². The van der Waals surface area contributed by atoms with Crippen LogP contribution in [0.3, 0.4) is 0 Å². The summed E-state index contributed by atoms with van der Waals surface area (Å²) in [6, 6.07) is 5.06. The summed E-state index contributed by atoms with van der Waals surface area (Å²) in [5.41, 5.74) is 0. The third-order valence-electron chi connectivity index (χ3n) is 2.57. The Bertz CT molecular complexity index is 510. The smallest absolute Gasteiger partial charge is 0.744 e. The zero-order valence-electron chi connectivity index (χ0n) is 11.8. The van der Waals surface area contributed by atoms with Crippen LogP contribution in [0.15, 0.2) is 29.2 Å². The standard InChI is InChI=1S/C13H18O5S.Na/c1-2-3-4-5-11(14)10-18-12-6-8-13(9-7-12)19(15,16)17;/h6-9H,2-5,10H2,1H3,(H,15,16,17);/q;+1/p-1. The van der Waals surface area contributed by atoms with Crippen molar-refractivity contribution in [3.63, 3.8) is 0 Å². The van der Waals surface area contributed by atoms with E-state index in [0.717, 1.165) is 19.3 Å². The molecular weight excluding hydrogens is 291 g/mol. The molecule has 0 saturated carbocycles. The molecule has 0 unspecified atom stereocenters. The molecule has 0 radical (unpaired) electrons. The maximum atomic E-state index is 11.4. The second-order valence-electron chi connectivity index (χ2n) is 4.21. The van der Waals surface area contributed by atoms with Crippen molar-refractivity contribution in [1.29, 1.82) is 0 Å². The van der Waals surface area contributed by atoms with Gasteiger partial charge in [0.15, 0.2) is 5.78 Å². The van der Waals surface area contributed by atoms with Crippen molar-refractivity contribution in [2.75, 3.05) is 6.61 Å². The molecular formula is C13H17NaO5S. The van der Waals surface area contributed by atoms with Crippen LogP contribution in [-0.4, -0.2) is 25.4 Å². The average Bonchev–Trinajstić information content (AvgIpc) is 2.36. The number of ether oxygens (including phenoxy) is 1. The number of rotatable bonds is 8. The van der Waals surface area contributed by atoms with Gasteiger partial charge in [0.05, 0.1) is 4.90 Å². The Labute approximate surface area is 141 Å². The number of ketones is 1. The van der Waals surface area contributed by atoms with Crippen LogP contribution >= 0.6 is 0 Å². The molecule has 0 fully saturated rings. The van der Waals surface area contributed by atoms with Crippen molar-refractivity contribution >= 4 is 15.9 Å². The Morgan fingerprint density at radius 2 is 1.80 bits per heavy atom. The van der Waals surface area contributed by atoms with Crippen molar-refractivity contribution in [2.24, 2.45) is 0 Å². The Morgan fingerprint density at radius 1 is 1.20 bits per heavy atom. The molecule has 0 spiro atoms. The van der Waals surface area contributed by atoms with Crippen LogP contribution < -0.4 is 34.3 Å². The molecule has 0 bridgehead atoms. The fourth-order valence-corrected chi connectivity index (χ4v) is 1.98. The molecule has 0 saturated heterocycles. The van der Waals surface area contributed by atoms with Gasteiger partial charge in [0.25, 0.3) is 0 Å². The zero-order chi connectivity index (χ0) is 14.3. The van der Waals surface area contributed by atoms with Crippen LogP contribution in [0.5, 0.6) is 5.75 Å². The number of hydrogen-bond acceptors (Lipinski definition) is 5. The maximum Gasteiger partial charge on any atom is 1.00 e. The zero-order valence-corrected chi connectivity index (χ0v) is 14.6. The van der Waals surface area contributed by atoms with E-state index in [0.29, 0.717) is 12.2 Å². The van der Waals surface area contributed by atoms with Gasteiger partial charge in [-0.2, -0.15) is 0 Å². The van der Waals surface area contributed by atoms with E-state index < -0.39 is 10.1 Å². The van der Waals surface area contributed by atoms with Crippen molar-refractivity contribution < 1.29 is 52.1 Å². The van der Waals surface area contributed by atoms with E-state index in [-0.39, 0.29) is 46.8 Å². The van der Waals surface area contributed by atoms with Gasteiger partial charge in [0.1, 0.15) is 22.5 Å². The van der Waals surface area contributed by atoms with E-state index in [1.54, 1.807) is 0 Å². The summed E-state index contributed by atoms with van der Waals surface area (Å²) in [5, 5.41) is 0. The minimum atomic E-state index is -4.44. The van der Waals surface area contributed by atoms with Gasteiger partial charge in [-0.1, -0.05) is 19.8 Å². The van der Waals surface area contributed by atoms with E-state index >= 15 is 0 Å². The number of carbonyl (C=O) groups excluding carboxylic acids is 1. The monoisotopic (exact) mass is 308 g/mol. The molecule has 0 N–H and O–H groups in total. The van der Waals surface area contributed by atoms with Crippen LogP contribution in [0.4, 0.5) is 0 Å². The van der Waals surface area contributed by atoms with Gasteiger partial charge < -0.3 is 9.29 Å². The first-order chi connectivity index (χ1) is 8.93. The molecule has 1 rings (SSSR count). The van der Waals surface area contributed by atoms with Crippen LogP contribution in [0, 0.1) is 0 Å². The minimum absolute atomic E-state index is 0. The fourth-order valence-electron chi connectivity index (χ4n) is 1.51. The molecule has 0 aromatic heterocycles. The molecule has 0 aliphatic rings. The molecule has 1 aromatic carbocycles. The summed E-state index contributed by atoms with van der Waals surface area (Å²) in [7, 11) is -4.44. The minimum Gasteiger partial charge on any atom is -0.744 e. The first-order valence-corrected chi connectivity index (χ1v) is 7.54. The third kappa shape index (κ3) is 7.40. The fraction of sp³-hybridized carbons (Fsp3) is 0.462. The normalized spacial score (nSPS) is 10.7. The van der Waals surface area contributed by atoms with Crippen molar-refractivity contribution in [2.45, 2.75) is 37.5 Å². The summed E-state index contributed by atoms with van der Waals surface area (Å²) in [6.45, 7) is 2.03. The number of unbranched alkanes of at least 4 members (excludes halogenated alkanes) is 2. The Balaban J connectivity index is 0.00000361. The Hall–Kier alpha value is -0.400. The molecule has 0 atom stereocenters. The van der Waals surface area contributed by atoms with Crippen LogP contribution in [0.25, 0.3) is 0 Å². The van der Waals surface area contributed by atoms with Gasteiger partial charge >= 0.3 is 29.6 Å². The molecule has 7 heteroatoms. The Morgan fingerprint density at radius 3 is 2.30 bits per heavy atom. The van der Waals surface area contributed by atoms with Gasteiger partial charge in [-0.3, -0.25) is 4.79 Å². The molecule has 0 aliphatic carbocycles. The van der Waals surface area contributed by atoms with E-state index in [4.69, 9.17) is 4.74 Å². The number of Topliss-reactive ketones (excluding diaryl/α,β-unsaturated/α-hetero) is 1. The van der Waals surface area contributed by atoms with Gasteiger partial charge in [-0.05, 0) is 30.7 Å². The number of benzene rings is 1. The number of hydrogen-bond donors (Lipinski definition) is 0. The molecule has 0 heterocycles. The first-order valence-electron chi connectivity index (χ1n) is 6.14. The van der Waals surface area contributed by atoms with Crippen molar-refractivity contribution in [1.82, 2.24) is 0 Å². The molecule has 20 heavy (non-hydrogen) atoms. The summed E-state index contributed by atoms with van der Waals surface area (Å²) >= 11 is 0. The predicted molar refractivity (Wildman–Crippen MR) is 69.0 cm³/mol. The number of carbonyl (C=O) groups is 1. The van der Waals surface area contributed by atoms with Crippen LogP contribution in [0.2, 0.25) is 0 Å². The molecule has 0 aliphatic heterocycles. The van der Waals surface area contributed by atoms with Gasteiger partial charge in [-0.15, -0.1) is 0 Å². The quantitative estimate of drug-likeness (QED) is 0.354. The maximum absolute atomic E-state index is 11.4. The summed E-state index contributed by atoms with van der Waals surface area (Å²) in [6.07, 6.45) is 3.41. The van der Waals surface area contributed by atoms with E-state index in [2.05, 4.69) is 6.92 Å². The largest absolute Gasteiger partial charge is 1.00 e. The Kier molecular flexibility index (Phi) is 9.33. The predicted octanol–water partition coefficient (Wildman–Crippen LogP) is -0.877. The first kappa shape index (κ1) is 19.6. The van der Waals surface area contributed by atoms with Gasteiger partial charge in [0.2, 0.25) is 0 Å². The third-order valence-corrected chi connectivity index (χ3v) is 3.42. The van der Waals surface area contributed by atoms with Crippen molar-refractivity contribution in [3.8, 4) is 5.75 Å². The SMILES string of the molecule is CCCCCC(=O)COc1ccc(S(=O)(=O)[O-])cc1.[Na+]. The second-order valence-corrected chi connectivity index (χ2v) is 5.59. The molecule has 1 aromatic rings.